The Morgan fingerprint density at radius 1 is 1.15 bits per heavy atom. The first kappa shape index (κ1) is 17.1. The second-order valence-electron chi connectivity index (χ2n) is 6.72. The molecule has 0 aliphatic heterocycles. The summed E-state index contributed by atoms with van der Waals surface area (Å²) in [6, 6.07) is 0. The van der Waals surface area contributed by atoms with Gasteiger partial charge in [0.15, 0.2) is 0 Å². The summed E-state index contributed by atoms with van der Waals surface area (Å²) in [6.45, 7) is 0.916. The molecule has 2 aliphatic carbocycles. The van der Waals surface area contributed by atoms with Crippen LogP contribution in [0.3, 0.4) is 0 Å². The minimum absolute atomic E-state index is 0.150. The van der Waals surface area contributed by atoms with Crippen LogP contribution in [0.4, 0.5) is 0 Å². The summed E-state index contributed by atoms with van der Waals surface area (Å²) in [5, 5.41) is 14.4. The van der Waals surface area contributed by atoms with Gasteiger partial charge in [0.2, 0.25) is 0 Å². The van der Waals surface area contributed by atoms with Gasteiger partial charge in [-0.3, -0.25) is 0 Å². The Morgan fingerprint density at radius 2 is 1.85 bits per heavy atom. The van der Waals surface area contributed by atoms with Gasteiger partial charge in [-0.15, -0.1) is 11.6 Å². The number of hydrogen-bond acceptors (Lipinski definition) is 2. The Labute approximate surface area is 137 Å². The lowest BCUT2D eigenvalue weighted by Crippen LogP contribution is -2.43. The van der Waals surface area contributed by atoms with E-state index in [1.54, 1.807) is 0 Å². The van der Waals surface area contributed by atoms with E-state index in [9.17, 15) is 5.11 Å². The smallest absolute Gasteiger partial charge is 0.0611 e. The third-order valence-corrected chi connectivity index (χ3v) is 7.23. The molecular formula is C16H29BrClNO. The van der Waals surface area contributed by atoms with Crippen LogP contribution >= 0.6 is 27.5 Å². The monoisotopic (exact) mass is 365 g/mol. The van der Waals surface area contributed by atoms with Gasteiger partial charge in [-0.05, 0) is 51.0 Å². The Balaban J connectivity index is 1.97. The molecule has 0 heterocycles. The van der Waals surface area contributed by atoms with Gasteiger partial charge in [0, 0.05) is 22.7 Å². The maximum absolute atomic E-state index is 10.9. The highest BCUT2D eigenvalue weighted by molar-refractivity contribution is 9.09. The fourth-order valence-corrected chi connectivity index (χ4v) is 4.96. The first-order valence-electron chi connectivity index (χ1n) is 8.24. The highest BCUT2D eigenvalue weighted by atomic mass is 79.9. The molecule has 0 aromatic carbocycles. The molecule has 2 rings (SSSR count). The predicted molar refractivity (Wildman–Crippen MR) is 89.7 cm³/mol. The lowest BCUT2D eigenvalue weighted by molar-refractivity contribution is 0.00252. The fraction of sp³-hybridized carbons (Fsp3) is 1.00. The van der Waals surface area contributed by atoms with Crippen LogP contribution in [-0.4, -0.2) is 35.0 Å². The molecule has 0 aromatic rings. The highest BCUT2D eigenvalue weighted by Gasteiger charge is 2.37. The van der Waals surface area contributed by atoms with Crippen LogP contribution in [-0.2, 0) is 0 Å². The molecule has 2 saturated carbocycles. The summed E-state index contributed by atoms with van der Waals surface area (Å²) in [5.41, 5.74) is 0. The summed E-state index contributed by atoms with van der Waals surface area (Å²) < 4.78 is 0. The van der Waals surface area contributed by atoms with E-state index in [4.69, 9.17) is 11.6 Å². The van der Waals surface area contributed by atoms with Gasteiger partial charge in [0.1, 0.15) is 0 Å². The van der Waals surface area contributed by atoms with Crippen molar-refractivity contribution >= 4 is 27.5 Å². The van der Waals surface area contributed by atoms with Gasteiger partial charge >= 0.3 is 0 Å². The summed E-state index contributed by atoms with van der Waals surface area (Å²) in [6.07, 6.45) is 9.56. The van der Waals surface area contributed by atoms with E-state index < -0.39 is 0 Å². The number of nitrogens with one attached hydrogen (secondary N) is 1. The molecule has 3 unspecified atom stereocenters. The maximum Gasteiger partial charge on any atom is 0.0611 e. The van der Waals surface area contributed by atoms with Crippen molar-refractivity contribution < 1.29 is 5.11 Å². The number of aliphatic hydroxyl groups is 1. The molecule has 2 N–H and O–H groups in total. The molecule has 5 atom stereocenters. The first-order chi connectivity index (χ1) is 9.63. The third kappa shape index (κ3) is 4.34. The Hall–Kier alpha value is 0.690. The first-order valence-corrected chi connectivity index (χ1v) is 9.59. The topological polar surface area (TPSA) is 32.3 Å². The fourth-order valence-electron chi connectivity index (χ4n) is 4.12. The largest absolute Gasteiger partial charge is 0.392 e. The molecule has 0 amide bonds. The minimum Gasteiger partial charge on any atom is -0.392 e. The van der Waals surface area contributed by atoms with Gasteiger partial charge in [-0.1, -0.05) is 35.2 Å². The molecule has 0 radical (unpaired) electrons. The van der Waals surface area contributed by atoms with E-state index in [1.165, 1.54) is 38.5 Å². The van der Waals surface area contributed by atoms with E-state index in [2.05, 4.69) is 21.2 Å². The van der Waals surface area contributed by atoms with E-state index in [0.29, 0.717) is 22.6 Å². The maximum atomic E-state index is 10.9. The normalized spacial score (nSPS) is 35.7. The molecule has 0 saturated heterocycles. The summed E-state index contributed by atoms with van der Waals surface area (Å²) in [4.78, 5) is 0.447. The van der Waals surface area contributed by atoms with Crippen molar-refractivity contribution in [2.24, 2.45) is 17.8 Å². The second kappa shape index (κ2) is 8.36. The van der Waals surface area contributed by atoms with Crippen molar-refractivity contribution in [1.29, 1.82) is 0 Å². The van der Waals surface area contributed by atoms with Gasteiger partial charge in [-0.2, -0.15) is 0 Å². The zero-order valence-electron chi connectivity index (χ0n) is 12.5. The number of rotatable bonds is 5. The van der Waals surface area contributed by atoms with E-state index in [0.717, 1.165) is 19.4 Å². The molecule has 0 bridgehead atoms. The summed E-state index contributed by atoms with van der Waals surface area (Å²) in [5.74, 6) is 1.44. The van der Waals surface area contributed by atoms with Crippen molar-refractivity contribution in [3.05, 3.63) is 0 Å². The zero-order valence-corrected chi connectivity index (χ0v) is 14.9. The van der Waals surface area contributed by atoms with Crippen molar-refractivity contribution in [3.8, 4) is 0 Å². The Morgan fingerprint density at radius 3 is 2.45 bits per heavy atom. The van der Waals surface area contributed by atoms with Gasteiger partial charge in [-0.25, -0.2) is 0 Å². The van der Waals surface area contributed by atoms with Gasteiger partial charge in [0.25, 0.3) is 0 Å². The van der Waals surface area contributed by atoms with Crippen LogP contribution < -0.4 is 5.32 Å². The molecule has 2 nitrogen and oxygen atoms in total. The lowest BCUT2D eigenvalue weighted by Gasteiger charge is -2.40. The SMILES string of the molecule is CNC[C@H](C1CCC(Br)C(Cl)C1)[C@H](O)C1CCCCC1. The number of hydrogen-bond donors (Lipinski definition) is 2. The van der Waals surface area contributed by atoms with Gasteiger partial charge < -0.3 is 10.4 Å². The molecule has 0 spiro atoms. The molecular weight excluding hydrogens is 338 g/mol. The molecule has 118 valence electrons. The number of aliphatic hydroxyl groups excluding tert-OH is 1. The lowest BCUT2D eigenvalue weighted by atomic mass is 9.71. The number of halogens is 2. The molecule has 2 aliphatic rings. The van der Waals surface area contributed by atoms with Crippen molar-refractivity contribution in [2.75, 3.05) is 13.6 Å². The minimum atomic E-state index is -0.150. The standard InChI is InChI=1S/C16H29BrClNO/c1-19-10-13(12-7-8-14(17)15(18)9-12)16(20)11-5-3-2-4-6-11/h11-16,19-20H,2-10H2,1H3/t12?,13-,14?,15?,16-/m1/s1. The zero-order chi connectivity index (χ0) is 14.5. The van der Waals surface area contributed by atoms with Crippen molar-refractivity contribution in [2.45, 2.75) is 67.7 Å². The molecule has 20 heavy (non-hydrogen) atoms. The van der Waals surface area contributed by atoms with E-state index in [-0.39, 0.29) is 11.5 Å². The van der Waals surface area contributed by atoms with Crippen LogP contribution in [0.2, 0.25) is 0 Å². The third-order valence-electron chi connectivity index (χ3n) is 5.35. The highest BCUT2D eigenvalue weighted by Crippen LogP contribution is 2.40. The second-order valence-corrected chi connectivity index (χ2v) is 8.45. The molecule has 4 heteroatoms. The van der Waals surface area contributed by atoms with Crippen LogP contribution in [0, 0.1) is 17.8 Å². The Kier molecular flexibility index (Phi) is 7.12. The van der Waals surface area contributed by atoms with Crippen LogP contribution in [0.5, 0.6) is 0 Å². The molecule has 2 fully saturated rings. The quantitative estimate of drug-likeness (QED) is 0.722. The van der Waals surface area contributed by atoms with Crippen LogP contribution in [0.25, 0.3) is 0 Å². The number of alkyl halides is 2. The van der Waals surface area contributed by atoms with E-state index >= 15 is 0 Å². The predicted octanol–water partition coefficient (Wildman–Crippen LogP) is 3.93. The average molecular weight is 367 g/mol. The van der Waals surface area contributed by atoms with Crippen molar-refractivity contribution in [1.82, 2.24) is 5.32 Å². The van der Waals surface area contributed by atoms with Crippen molar-refractivity contribution in [3.63, 3.8) is 0 Å². The average Bonchev–Trinajstić information content (AvgIpc) is 2.48. The Bertz CT molecular complexity index is 284. The molecule has 0 aromatic heterocycles. The summed E-state index contributed by atoms with van der Waals surface area (Å²) in [7, 11) is 1.99. The van der Waals surface area contributed by atoms with Gasteiger partial charge in [0.05, 0.1) is 6.10 Å². The van der Waals surface area contributed by atoms with Crippen LogP contribution in [0.1, 0.15) is 51.4 Å². The summed E-state index contributed by atoms with van der Waals surface area (Å²) >= 11 is 10.1. The van der Waals surface area contributed by atoms with E-state index in [1.807, 2.05) is 7.05 Å². The van der Waals surface area contributed by atoms with Crippen LogP contribution in [0.15, 0.2) is 0 Å².